The van der Waals surface area contributed by atoms with Gasteiger partial charge in [-0.15, -0.1) is 0 Å². The first kappa shape index (κ1) is 19.9. The van der Waals surface area contributed by atoms with Gasteiger partial charge in [0.2, 0.25) is 0 Å². The van der Waals surface area contributed by atoms with Crippen molar-refractivity contribution in [3.05, 3.63) is 60.7 Å². The summed E-state index contributed by atoms with van der Waals surface area (Å²) in [4.78, 5) is 0. The van der Waals surface area contributed by atoms with Gasteiger partial charge >= 0.3 is 0 Å². The Hall–Kier alpha value is -1.42. The maximum Gasteiger partial charge on any atom is 0.261 e. The topological polar surface area (TPSA) is 29.5 Å². The molecule has 4 rings (SSSR count). The van der Waals surface area contributed by atoms with Crippen molar-refractivity contribution in [2.45, 2.75) is 51.7 Å². The predicted molar refractivity (Wildman–Crippen MR) is 118 cm³/mol. The molecule has 0 aliphatic heterocycles. The smallest absolute Gasteiger partial charge is 0.261 e. The molecule has 2 saturated carbocycles. The molecule has 2 aliphatic carbocycles. The van der Waals surface area contributed by atoms with Gasteiger partial charge in [0.05, 0.1) is 6.10 Å². The van der Waals surface area contributed by atoms with Gasteiger partial charge < -0.3 is 9.53 Å². The third-order valence-corrected chi connectivity index (χ3v) is 12.4. The Labute approximate surface area is 171 Å². The van der Waals surface area contributed by atoms with Gasteiger partial charge in [0.1, 0.15) is 0 Å². The summed E-state index contributed by atoms with van der Waals surface area (Å²) in [7, 11) is -2.44. The molecule has 28 heavy (non-hydrogen) atoms. The molecule has 0 amide bonds. The zero-order chi connectivity index (χ0) is 19.9. The molecule has 150 valence electrons. The number of hydrogen-bond donors (Lipinski definition) is 1. The molecule has 0 radical (unpaired) electrons. The molecule has 1 N–H and O–H groups in total. The number of aliphatic hydroxyl groups is 1. The number of fused-ring (bicyclic) bond motifs is 1. The van der Waals surface area contributed by atoms with Crippen LogP contribution in [0.5, 0.6) is 0 Å². The molecule has 2 aromatic rings. The van der Waals surface area contributed by atoms with Crippen molar-refractivity contribution < 1.29 is 9.53 Å². The normalized spacial score (nSPS) is 29.5. The summed E-state index contributed by atoms with van der Waals surface area (Å²) >= 11 is 0. The van der Waals surface area contributed by atoms with Crippen LogP contribution in [0, 0.1) is 23.7 Å². The monoisotopic (exact) mass is 394 g/mol. The Bertz CT molecular complexity index is 744. The lowest BCUT2D eigenvalue weighted by molar-refractivity contribution is 0.0857. The SMILES string of the molecule is CC1[C@H]2[C@@H](O)[C@@H](CCO[Si](c3ccccc3)(c3ccccc3)C(C)(C)C)C[C@@H]12. The molecule has 2 aromatic carbocycles. The van der Waals surface area contributed by atoms with E-state index in [4.69, 9.17) is 4.43 Å². The van der Waals surface area contributed by atoms with Crippen LogP contribution in [0.3, 0.4) is 0 Å². The molecule has 1 unspecified atom stereocenters. The van der Waals surface area contributed by atoms with E-state index in [9.17, 15) is 5.11 Å². The van der Waals surface area contributed by atoms with Gasteiger partial charge in [0.25, 0.3) is 8.32 Å². The molecule has 2 nitrogen and oxygen atoms in total. The van der Waals surface area contributed by atoms with E-state index in [2.05, 4.69) is 88.4 Å². The highest BCUT2D eigenvalue weighted by molar-refractivity contribution is 6.99. The average molecular weight is 395 g/mol. The molecule has 0 bridgehead atoms. The van der Waals surface area contributed by atoms with E-state index in [1.807, 2.05) is 0 Å². The van der Waals surface area contributed by atoms with E-state index in [0.717, 1.165) is 24.9 Å². The second-order valence-electron chi connectivity index (χ2n) is 9.89. The Morgan fingerprint density at radius 3 is 1.93 bits per heavy atom. The number of aliphatic hydroxyl groups excluding tert-OH is 1. The van der Waals surface area contributed by atoms with Crippen molar-refractivity contribution in [1.29, 1.82) is 0 Å². The van der Waals surface area contributed by atoms with Crippen molar-refractivity contribution in [3.8, 4) is 0 Å². The lowest BCUT2D eigenvalue weighted by Gasteiger charge is -2.43. The first-order valence-corrected chi connectivity index (χ1v) is 12.7. The van der Waals surface area contributed by atoms with E-state index in [1.165, 1.54) is 16.8 Å². The van der Waals surface area contributed by atoms with Crippen LogP contribution in [0.25, 0.3) is 0 Å². The lowest BCUT2D eigenvalue weighted by Crippen LogP contribution is -2.66. The molecule has 0 heterocycles. The van der Waals surface area contributed by atoms with Crippen molar-refractivity contribution >= 4 is 18.7 Å². The van der Waals surface area contributed by atoms with E-state index < -0.39 is 8.32 Å². The third-order valence-electron chi connectivity index (χ3n) is 7.31. The molecule has 2 aliphatic rings. The van der Waals surface area contributed by atoms with Gasteiger partial charge in [-0.1, -0.05) is 88.4 Å². The second-order valence-corrected chi connectivity index (χ2v) is 14.2. The van der Waals surface area contributed by atoms with Crippen LogP contribution in [0.1, 0.15) is 40.5 Å². The van der Waals surface area contributed by atoms with E-state index in [0.29, 0.717) is 11.8 Å². The third kappa shape index (κ3) is 3.28. The predicted octanol–water partition coefficient (Wildman–Crippen LogP) is 4.22. The Morgan fingerprint density at radius 2 is 1.50 bits per heavy atom. The zero-order valence-electron chi connectivity index (χ0n) is 17.6. The van der Waals surface area contributed by atoms with Crippen molar-refractivity contribution in [3.63, 3.8) is 0 Å². The summed E-state index contributed by atoms with van der Waals surface area (Å²) in [6.45, 7) is 9.97. The molecule has 0 spiro atoms. The second kappa shape index (κ2) is 7.44. The summed E-state index contributed by atoms with van der Waals surface area (Å²) in [5, 5.41) is 13.3. The Kier molecular flexibility index (Phi) is 5.28. The van der Waals surface area contributed by atoms with E-state index >= 15 is 0 Å². The minimum absolute atomic E-state index is 0.0145. The zero-order valence-corrected chi connectivity index (χ0v) is 18.6. The van der Waals surface area contributed by atoms with Gasteiger partial charge in [-0.25, -0.2) is 0 Å². The quantitative estimate of drug-likeness (QED) is 0.744. The fourth-order valence-electron chi connectivity index (χ4n) is 5.73. The maximum absolute atomic E-state index is 10.6. The minimum atomic E-state index is -2.44. The van der Waals surface area contributed by atoms with Crippen LogP contribution in [0.4, 0.5) is 0 Å². The Balaban J connectivity index is 1.60. The average Bonchev–Trinajstić information content (AvgIpc) is 3.19. The van der Waals surface area contributed by atoms with Crippen LogP contribution in [-0.4, -0.2) is 26.1 Å². The molecule has 5 atom stereocenters. The van der Waals surface area contributed by atoms with Gasteiger partial charge in [-0.2, -0.15) is 0 Å². The lowest BCUT2D eigenvalue weighted by atomic mass is 9.95. The van der Waals surface area contributed by atoms with Crippen LogP contribution in [0.15, 0.2) is 60.7 Å². The van der Waals surface area contributed by atoms with Crippen molar-refractivity contribution in [2.75, 3.05) is 6.61 Å². The van der Waals surface area contributed by atoms with Crippen molar-refractivity contribution in [1.82, 2.24) is 0 Å². The molecular formula is C25H34O2Si. The van der Waals surface area contributed by atoms with Gasteiger partial charge in [-0.05, 0) is 51.9 Å². The standard InChI is InChI=1S/C25H34O2Si/c1-18-22-17-19(24(26)23(18)22)15-16-27-28(25(2,3)4,20-11-7-5-8-12-20)21-13-9-6-10-14-21/h5-14,18-19,22-24,26H,15-17H2,1-4H3/t18?,19-,22-,23+,24-/m0/s1. The van der Waals surface area contributed by atoms with Crippen LogP contribution in [0.2, 0.25) is 5.04 Å². The summed E-state index contributed by atoms with van der Waals surface area (Å²) in [6, 6.07) is 21.7. The molecule has 2 fully saturated rings. The minimum Gasteiger partial charge on any atom is -0.407 e. The van der Waals surface area contributed by atoms with Crippen LogP contribution >= 0.6 is 0 Å². The summed E-state index contributed by atoms with van der Waals surface area (Å²) in [5.74, 6) is 2.44. The van der Waals surface area contributed by atoms with Crippen molar-refractivity contribution in [2.24, 2.45) is 23.7 Å². The highest BCUT2D eigenvalue weighted by Crippen LogP contribution is 2.59. The maximum atomic E-state index is 10.6. The highest BCUT2D eigenvalue weighted by Gasteiger charge is 2.58. The molecule has 3 heteroatoms. The highest BCUT2D eigenvalue weighted by atomic mass is 28.4. The molecule has 0 saturated heterocycles. The fraction of sp³-hybridized carbons (Fsp3) is 0.520. The number of hydrogen-bond acceptors (Lipinski definition) is 2. The molecule has 0 aromatic heterocycles. The summed E-state index contributed by atoms with van der Waals surface area (Å²) in [6.07, 6.45) is 2.02. The summed E-state index contributed by atoms with van der Waals surface area (Å²) < 4.78 is 6.98. The Morgan fingerprint density at radius 1 is 0.964 bits per heavy atom. The van der Waals surface area contributed by atoms with E-state index in [1.54, 1.807) is 0 Å². The number of benzene rings is 2. The number of rotatable bonds is 6. The van der Waals surface area contributed by atoms with Gasteiger partial charge in [0.15, 0.2) is 0 Å². The van der Waals surface area contributed by atoms with E-state index in [-0.39, 0.29) is 11.1 Å². The molecular weight excluding hydrogens is 360 g/mol. The van der Waals surface area contributed by atoms with Gasteiger partial charge in [0, 0.05) is 6.61 Å². The first-order chi connectivity index (χ1) is 13.4. The summed E-state index contributed by atoms with van der Waals surface area (Å²) in [5.41, 5.74) is 0. The largest absolute Gasteiger partial charge is 0.407 e. The fourth-order valence-corrected chi connectivity index (χ4v) is 10.3. The van der Waals surface area contributed by atoms with Gasteiger partial charge in [-0.3, -0.25) is 0 Å². The van der Waals surface area contributed by atoms with Crippen LogP contribution < -0.4 is 10.4 Å². The first-order valence-electron chi connectivity index (χ1n) is 10.8. The van der Waals surface area contributed by atoms with Crippen LogP contribution in [-0.2, 0) is 4.43 Å².